The highest BCUT2D eigenvalue weighted by molar-refractivity contribution is 7.08. The maximum absolute atomic E-state index is 10.3. The second-order valence-electron chi connectivity index (χ2n) is 4.53. The summed E-state index contributed by atoms with van der Waals surface area (Å²) in [5, 5.41) is 14.2. The average Bonchev–Trinajstić information content (AvgIpc) is 2.94. The lowest BCUT2D eigenvalue weighted by atomic mass is 9.95. The van der Waals surface area contributed by atoms with E-state index in [0.29, 0.717) is 6.42 Å². The number of rotatable bonds is 3. The molecule has 0 aliphatic heterocycles. The third kappa shape index (κ3) is 4.10. The fraction of sp³-hybridized carbons (Fsp3) is 0.176. The molecule has 0 spiro atoms. The van der Waals surface area contributed by atoms with Crippen molar-refractivity contribution >= 4 is 11.3 Å². The highest BCUT2D eigenvalue weighted by Crippen LogP contribution is 2.26. The standard InChI is InChI=1S/C17H16OS/c1-17(18,16-11-13-19-14-16)12-7-3-6-10-15-8-4-2-5-9-15/h2-5,7-9,11,13-14,18H,12H2,1H3/b7-3-/t17-/m1/s1. The zero-order valence-electron chi connectivity index (χ0n) is 10.8. The molecule has 19 heavy (non-hydrogen) atoms. The minimum absolute atomic E-state index is 0.563. The van der Waals surface area contributed by atoms with Gasteiger partial charge in [-0.2, -0.15) is 11.3 Å². The summed E-state index contributed by atoms with van der Waals surface area (Å²) in [6, 6.07) is 11.8. The normalized spacial score (nSPS) is 13.8. The largest absolute Gasteiger partial charge is 0.385 e. The van der Waals surface area contributed by atoms with Crippen LogP contribution in [0.4, 0.5) is 0 Å². The molecule has 96 valence electrons. The molecule has 2 rings (SSSR count). The lowest BCUT2D eigenvalue weighted by Gasteiger charge is -2.19. The molecule has 0 aliphatic carbocycles. The molecule has 1 aromatic carbocycles. The molecule has 1 atom stereocenters. The molecular weight excluding hydrogens is 252 g/mol. The monoisotopic (exact) mass is 268 g/mol. The van der Waals surface area contributed by atoms with Crippen LogP contribution >= 0.6 is 11.3 Å². The van der Waals surface area contributed by atoms with Gasteiger partial charge in [0.2, 0.25) is 0 Å². The van der Waals surface area contributed by atoms with Crippen LogP contribution in [0.2, 0.25) is 0 Å². The lowest BCUT2D eigenvalue weighted by molar-refractivity contribution is 0.0610. The Kier molecular flexibility index (Phi) is 4.57. The van der Waals surface area contributed by atoms with Gasteiger partial charge in [0.15, 0.2) is 0 Å². The van der Waals surface area contributed by atoms with Crippen LogP contribution in [0.1, 0.15) is 24.5 Å². The number of thiophene rings is 1. The van der Waals surface area contributed by atoms with Crippen molar-refractivity contribution in [2.45, 2.75) is 18.9 Å². The van der Waals surface area contributed by atoms with E-state index in [4.69, 9.17) is 0 Å². The predicted octanol–water partition coefficient (Wildman–Crippen LogP) is 3.95. The summed E-state index contributed by atoms with van der Waals surface area (Å²) in [6.07, 6.45) is 4.27. The average molecular weight is 268 g/mol. The molecular formula is C17H16OS. The van der Waals surface area contributed by atoms with Crippen molar-refractivity contribution in [3.63, 3.8) is 0 Å². The van der Waals surface area contributed by atoms with Crippen molar-refractivity contribution in [1.82, 2.24) is 0 Å². The number of hydrogen-bond acceptors (Lipinski definition) is 2. The first-order chi connectivity index (χ1) is 9.18. The highest BCUT2D eigenvalue weighted by atomic mass is 32.1. The van der Waals surface area contributed by atoms with E-state index in [1.807, 2.05) is 60.2 Å². The van der Waals surface area contributed by atoms with E-state index in [2.05, 4.69) is 11.8 Å². The van der Waals surface area contributed by atoms with Gasteiger partial charge in [-0.1, -0.05) is 36.1 Å². The molecule has 2 heteroatoms. The van der Waals surface area contributed by atoms with Crippen LogP contribution in [0.15, 0.2) is 59.3 Å². The van der Waals surface area contributed by atoms with Crippen LogP contribution in [-0.2, 0) is 5.60 Å². The van der Waals surface area contributed by atoms with Crippen molar-refractivity contribution < 1.29 is 5.11 Å². The van der Waals surface area contributed by atoms with Crippen molar-refractivity contribution in [2.24, 2.45) is 0 Å². The summed E-state index contributed by atoms with van der Waals surface area (Å²) in [5.74, 6) is 6.03. The van der Waals surface area contributed by atoms with Gasteiger partial charge in [-0.25, -0.2) is 0 Å². The smallest absolute Gasteiger partial charge is 0.0911 e. The van der Waals surface area contributed by atoms with E-state index < -0.39 is 5.60 Å². The van der Waals surface area contributed by atoms with E-state index >= 15 is 0 Å². The molecule has 0 bridgehead atoms. The van der Waals surface area contributed by atoms with Crippen molar-refractivity contribution in [1.29, 1.82) is 0 Å². The van der Waals surface area contributed by atoms with Gasteiger partial charge in [-0.15, -0.1) is 0 Å². The molecule has 0 saturated heterocycles. The molecule has 1 N–H and O–H groups in total. The van der Waals surface area contributed by atoms with Crippen LogP contribution in [0, 0.1) is 11.8 Å². The number of allylic oxidation sites excluding steroid dienone is 1. The van der Waals surface area contributed by atoms with Gasteiger partial charge >= 0.3 is 0 Å². The van der Waals surface area contributed by atoms with Crippen LogP contribution in [-0.4, -0.2) is 5.11 Å². The van der Waals surface area contributed by atoms with Crippen molar-refractivity contribution in [3.8, 4) is 11.8 Å². The SMILES string of the molecule is C[C@@](O)(C/C=C\C#Cc1ccccc1)c1ccsc1. The van der Waals surface area contributed by atoms with Gasteiger partial charge in [0, 0.05) is 5.56 Å². The van der Waals surface area contributed by atoms with E-state index in [-0.39, 0.29) is 0 Å². The minimum atomic E-state index is -0.815. The Morgan fingerprint density at radius 1 is 1.26 bits per heavy atom. The first-order valence-electron chi connectivity index (χ1n) is 6.15. The van der Waals surface area contributed by atoms with Crippen molar-refractivity contribution in [3.05, 3.63) is 70.4 Å². The van der Waals surface area contributed by atoms with Crippen LogP contribution in [0.3, 0.4) is 0 Å². The lowest BCUT2D eigenvalue weighted by Crippen LogP contribution is -2.18. The summed E-state index contributed by atoms with van der Waals surface area (Å²) in [6.45, 7) is 1.82. The molecule has 0 amide bonds. The Balaban J connectivity index is 1.93. The molecule has 2 aromatic rings. The van der Waals surface area contributed by atoms with Gasteiger partial charge in [-0.05, 0) is 53.9 Å². The second kappa shape index (κ2) is 6.38. The summed E-state index contributed by atoms with van der Waals surface area (Å²) in [7, 11) is 0. The third-order valence-corrected chi connectivity index (χ3v) is 3.53. The Hall–Kier alpha value is -1.82. The van der Waals surface area contributed by atoms with Gasteiger partial charge < -0.3 is 5.11 Å². The van der Waals surface area contributed by atoms with E-state index in [9.17, 15) is 5.11 Å². The van der Waals surface area contributed by atoms with Gasteiger partial charge in [0.25, 0.3) is 0 Å². The van der Waals surface area contributed by atoms with Gasteiger partial charge in [0.1, 0.15) is 0 Å². The summed E-state index contributed by atoms with van der Waals surface area (Å²) < 4.78 is 0. The topological polar surface area (TPSA) is 20.2 Å². The van der Waals surface area contributed by atoms with Crippen molar-refractivity contribution in [2.75, 3.05) is 0 Å². The second-order valence-corrected chi connectivity index (χ2v) is 5.31. The van der Waals surface area contributed by atoms with E-state index in [0.717, 1.165) is 11.1 Å². The third-order valence-electron chi connectivity index (χ3n) is 2.85. The van der Waals surface area contributed by atoms with E-state index in [1.54, 1.807) is 17.4 Å². The van der Waals surface area contributed by atoms with Crippen LogP contribution in [0.5, 0.6) is 0 Å². The van der Waals surface area contributed by atoms with E-state index in [1.165, 1.54) is 0 Å². The fourth-order valence-electron chi connectivity index (χ4n) is 1.68. The first kappa shape index (κ1) is 13.6. The summed E-state index contributed by atoms with van der Waals surface area (Å²) >= 11 is 1.60. The van der Waals surface area contributed by atoms with Gasteiger partial charge in [-0.3, -0.25) is 0 Å². The molecule has 1 aromatic heterocycles. The molecule has 1 heterocycles. The maximum Gasteiger partial charge on any atom is 0.0911 e. The number of aliphatic hydroxyl groups is 1. The molecule has 0 aliphatic rings. The predicted molar refractivity (Wildman–Crippen MR) is 81.0 cm³/mol. The zero-order valence-corrected chi connectivity index (χ0v) is 11.7. The zero-order chi connectivity index (χ0) is 13.6. The Bertz CT molecular complexity index is 583. The molecule has 0 unspecified atom stereocenters. The Morgan fingerprint density at radius 2 is 2.05 bits per heavy atom. The number of hydrogen-bond donors (Lipinski definition) is 1. The fourth-order valence-corrected chi connectivity index (χ4v) is 2.47. The molecule has 0 saturated carbocycles. The van der Waals surface area contributed by atoms with Crippen LogP contribution in [0.25, 0.3) is 0 Å². The quantitative estimate of drug-likeness (QED) is 0.836. The molecule has 0 radical (unpaired) electrons. The maximum atomic E-state index is 10.3. The Labute approximate surface area is 118 Å². The van der Waals surface area contributed by atoms with Crippen LogP contribution < -0.4 is 0 Å². The van der Waals surface area contributed by atoms with Gasteiger partial charge in [0.05, 0.1) is 5.60 Å². The molecule has 0 fully saturated rings. The Morgan fingerprint density at radius 3 is 2.74 bits per heavy atom. The summed E-state index contributed by atoms with van der Waals surface area (Å²) in [5.41, 5.74) is 1.14. The number of benzene rings is 1. The highest BCUT2D eigenvalue weighted by Gasteiger charge is 2.21. The minimum Gasteiger partial charge on any atom is -0.385 e. The molecule has 1 nitrogen and oxygen atoms in total. The first-order valence-corrected chi connectivity index (χ1v) is 7.09. The summed E-state index contributed by atoms with van der Waals surface area (Å²) in [4.78, 5) is 0.